The van der Waals surface area contributed by atoms with E-state index in [0.29, 0.717) is 45.8 Å². The fourth-order valence-electron chi connectivity index (χ4n) is 3.89. The summed E-state index contributed by atoms with van der Waals surface area (Å²) in [5.41, 5.74) is 2.30. The summed E-state index contributed by atoms with van der Waals surface area (Å²) in [6.45, 7) is 9.08. The predicted octanol–water partition coefficient (Wildman–Crippen LogP) is 2.10. The van der Waals surface area contributed by atoms with Crippen LogP contribution in [0.15, 0.2) is 29.3 Å². The van der Waals surface area contributed by atoms with E-state index in [2.05, 4.69) is 16.3 Å². The molecule has 0 aliphatic carbocycles. The molecule has 1 aromatic rings. The van der Waals surface area contributed by atoms with Gasteiger partial charge in [-0.3, -0.25) is 9.79 Å². The van der Waals surface area contributed by atoms with E-state index in [1.807, 2.05) is 36.9 Å². The van der Waals surface area contributed by atoms with Crippen molar-refractivity contribution < 1.29 is 14.3 Å². The molecule has 164 valence electrons. The van der Waals surface area contributed by atoms with E-state index in [4.69, 9.17) is 9.73 Å². The molecule has 0 atom stereocenters. The van der Waals surface area contributed by atoms with Crippen molar-refractivity contribution in [3.8, 4) is 0 Å². The van der Waals surface area contributed by atoms with E-state index < -0.39 is 0 Å². The first-order chi connectivity index (χ1) is 14.6. The fraction of sp³-hybridized carbons (Fsp3) is 0.591. The predicted molar refractivity (Wildman–Crippen MR) is 118 cm³/mol. The summed E-state index contributed by atoms with van der Waals surface area (Å²) in [5.74, 6) is 1.02. The fourth-order valence-corrected chi connectivity index (χ4v) is 3.89. The molecule has 2 aliphatic rings. The van der Waals surface area contributed by atoms with Gasteiger partial charge in [-0.2, -0.15) is 0 Å². The maximum absolute atomic E-state index is 12.6. The zero-order chi connectivity index (χ0) is 21.3. The number of benzene rings is 1. The zero-order valence-electron chi connectivity index (χ0n) is 18.1. The van der Waals surface area contributed by atoms with Crippen molar-refractivity contribution in [3.63, 3.8) is 0 Å². The number of nitrogens with one attached hydrogen (secondary N) is 1. The molecule has 2 heterocycles. The van der Waals surface area contributed by atoms with Crippen molar-refractivity contribution in [1.29, 1.82) is 0 Å². The normalized spacial score (nSPS) is 16.5. The van der Waals surface area contributed by atoms with E-state index in [1.165, 1.54) is 5.56 Å². The lowest BCUT2D eigenvalue weighted by Crippen LogP contribution is -2.53. The van der Waals surface area contributed by atoms with Gasteiger partial charge in [0.15, 0.2) is 5.96 Å². The molecule has 1 aromatic carbocycles. The van der Waals surface area contributed by atoms with Crippen LogP contribution in [-0.2, 0) is 16.0 Å². The average Bonchev–Trinajstić information content (AvgIpc) is 3.20. The number of rotatable bonds is 6. The second kappa shape index (κ2) is 10.8. The van der Waals surface area contributed by atoms with Crippen molar-refractivity contribution in [2.45, 2.75) is 33.1 Å². The topological polar surface area (TPSA) is 77.5 Å². The molecule has 30 heavy (non-hydrogen) atoms. The van der Waals surface area contributed by atoms with E-state index in [1.54, 1.807) is 4.90 Å². The first-order valence-corrected chi connectivity index (χ1v) is 11.0. The Balaban J connectivity index is 1.46. The van der Waals surface area contributed by atoms with Gasteiger partial charge >= 0.3 is 6.09 Å². The number of hydrogen-bond acceptors (Lipinski definition) is 4. The number of aliphatic imine (C=N–C) groups is 1. The molecule has 0 radical (unpaired) electrons. The van der Waals surface area contributed by atoms with Gasteiger partial charge in [0, 0.05) is 57.9 Å². The summed E-state index contributed by atoms with van der Waals surface area (Å²) in [7, 11) is 0. The molecule has 0 spiro atoms. The number of carbonyl (C=O) groups is 2. The van der Waals surface area contributed by atoms with Crippen molar-refractivity contribution in [2.24, 2.45) is 4.99 Å². The summed E-state index contributed by atoms with van der Waals surface area (Å²) >= 11 is 0. The lowest BCUT2D eigenvalue weighted by molar-refractivity contribution is -0.118. The van der Waals surface area contributed by atoms with Crippen LogP contribution in [0.25, 0.3) is 0 Å². The quantitative estimate of drug-likeness (QED) is 0.437. The standard InChI is InChI=1S/C22H33N5O3/c1-3-23-21(25-14-16-26(17-15-25)22(29)30-4-2)24-12-7-10-20(28)27-13-11-18-8-5-6-9-19(18)27/h5-6,8-9H,3-4,7,10-17H2,1-2H3,(H,23,24). The number of anilines is 1. The summed E-state index contributed by atoms with van der Waals surface area (Å²) in [6.07, 6.45) is 1.90. The minimum absolute atomic E-state index is 0.170. The Labute approximate surface area is 178 Å². The molecule has 8 nitrogen and oxygen atoms in total. The Bertz CT molecular complexity index is 759. The zero-order valence-corrected chi connectivity index (χ0v) is 18.1. The van der Waals surface area contributed by atoms with Crippen LogP contribution in [0.5, 0.6) is 0 Å². The number of para-hydroxylation sites is 1. The van der Waals surface area contributed by atoms with Gasteiger partial charge in [0.25, 0.3) is 0 Å². The maximum atomic E-state index is 12.6. The van der Waals surface area contributed by atoms with Gasteiger partial charge in [-0.25, -0.2) is 4.79 Å². The highest BCUT2D eigenvalue weighted by molar-refractivity contribution is 5.95. The minimum Gasteiger partial charge on any atom is -0.450 e. The van der Waals surface area contributed by atoms with E-state index in [0.717, 1.165) is 37.6 Å². The van der Waals surface area contributed by atoms with Gasteiger partial charge in [-0.05, 0) is 38.3 Å². The Hall–Kier alpha value is -2.77. The number of ether oxygens (including phenoxy) is 1. The third-order valence-electron chi connectivity index (χ3n) is 5.44. The van der Waals surface area contributed by atoms with E-state index in [-0.39, 0.29) is 12.0 Å². The number of piperazine rings is 1. The largest absolute Gasteiger partial charge is 0.450 e. The highest BCUT2D eigenvalue weighted by Gasteiger charge is 2.25. The Kier molecular flexibility index (Phi) is 7.93. The first-order valence-electron chi connectivity index (χ1n) is 11.0. The van der Waals surface area contributed by atoms with Crippen LogP contribution in [0, 0.1) is 0 Å². The van der Waals surface area contributed by atoms with Crippen LogP contribution in [0.1, 0.15) is 32.3 Å². The number of guanidine groups is 1. The third-order valence-corrected chi connectivity index (χ3v) is 5.44. The lowest BCUT2D eigenvalue weighted by Gasteiger charge is -2.35. The number of carbonyl (C=O) groups excluding carboxylic acids is 2. The van der Waals surface area contributed by atoms with Gasteiger partial charge in [0.1, 0.15) is 0 Å². The molecular weight excluding hydrogens is 382 g/mol. The monoisotopic (exact) mass is 415 g/mol. The minimum atomic E-state index is -0.249. The molecule has 2 aliphatic heterocycles. The molecule has 0 bridgehead atoms. The summed E-state index contributed by atoms with van der Waals surface area (Å²) in [6, 6.07) is 8.13. The molecule has 3 rings (SSSR count). The van der Waals surface area contributed by atoms with Crippen molar-refractivity contribution in [1.82, 2.24) is 15.1 Å². The summed E-state index contributed by atoms with van der Waals surface area (Å²) in [4.78, 5) is 35.0. The molecule has 2 amide bonds. The second-order valence-electron chi connectivity index (χ2n) is 7.44. The number of nitrogens with zero attached hydrogens (tertiary/aromatic N) is 4. The van der Waals surface area contributed by atoms with Crippen LogP contribution in [0.3, 0.4) is 0 Å². The smallest absolute Gasteiger partial charge is 0.409 e. The Morgan fingerprint density at radius 1 is 1.07 bits per heavy atom. The van der Waals surface area contributed by atoms with Crippen LogP contribution in [-0.4, -0.2) is 80.2 Å². The van der Waals surface area contributed by atoms with Gasteiger partial charge in [-0.15, -0.1) is 0 Å². The number of fused-ring (bicyclic) bond motifs is 1. The van der Waals surface area contributed by atoms with Crippen molar-refractivity contribution >= 4 is 23.6 Å². The third kappa shape index (κ3) is 5.43. The molecule has 1 N–H and O–H groups in total. The van der Waals surface area contributed by atoms with Crippen LogP contribution in [0.4, 0.5) is 10.5 Å². The highest BCUT2D eigenvalue weighted by atomic mass is 16.6. The van der Waals surface area contributed by atoms with E-state index >= 15 is 0 Å². The van der Waals surface area contributed by atoms with Crippen molar-refractivity contribution in [2.75, 3.05) is 57.3 Å². The van der Waals surface area contributed by atoms with Gasteiger partial charge in [0.05, 0.1) is 6.61 Å². The summed E-state index contributed by atoms with van der Waals surface area (Å²) < 4.78 is 5.08. The maximum Gasteiger partial charge on any atom is 0.409 e. The summed E-state index contributed by atoms with van der Waals surface area (Å²) in [5, 5.41) is 3.32. The van der Waals surface area contributed by atoms with Crippen LogP contribution >= 0.6 is 0 Å². The molecule has 1 saturated heterocycles. The number of hydrogen-bond donors (Lipinski definition) is 1. The van der Waals surface area contributed by atoms with Crippen LogP contribution < -0.4 is 10.2 Å². The Morgan fingerprint density at radius 2 is 1.80 bits per heavy atom. The highest BCUT2D eigenvalue weighted by Crippen LogP contribution is 2.28. The molecule has 8 heteroatoms. The van der Waals surface area contributed by atoms with Gasteiger partial charge < -0.3 is 24.8 Å². The second-order valence-corrected chi connectivity index (χ2v) is 7.44. The van der Waals surface area contributed by atoms with Gasteiger partial charge in [-0.1, -0.05) is 18.2 Å². The van der Waals surface area contributed by atoms with Gasteiger partial charge in [0.2, 0.25) is 5.91 Å². The molecule has 0 unspecified atom stereocenters. The molecule has 1 fully saturated rings. The lowest BCUT2D eigenvalue weighted by atomic mass is 10.2. The molecule has 0 saturated carbocycles. The number of amides is 2. The van der Waals surface area contributed by atoms with Crippen LogP contribution in [0.2, 0.25) is 0 Å². The Morgan fingerprint density at radius 3 is 2.53 bits per heavy atom. The van der Waals surface area contributed by atoms with E-state index in [9.17, 15) is 9.59 Å². The average molecular weight is 416 g/mol. The first kappa shape index (κ1) is 21.9. The SMILES string of the molecule is CCNC(=NCCCC(=O)N1CCc2ccccc21)N1CCN(C(=O)OCC)CC1. The molecular formula is C22H33N5O3. The molecule has 0 aromatic heterocycles. The van der Waals surface area contributed by atoms with Crippen molar-refractivity contribution in [3.05, 3.63) is 29.8 Å².